The topological polar surface area (TPSA) is 18.5 Å². The summed E-state index contributed by atoms with van der Waals surface area (Å²) in [6.45, 7) is 8.99. The predicted molar refractivity (Wildman–Crippen MR) is 95.0 cm³/mol. The third-order valence-corrected chi connectivity index (χ3v) is 5.10. The maximum Gasteiger partial charge on any atom is 0.0652 e. The second kappa shape index (κ2) is 6.65. The van der Waals surface area contributed by atoms with Crippen LogP contribution in [0.5, 0.6) is 0 Å². The van der Waals surface area contributed by atoms with Gasteiger partial charge in [0.05, 0.1) is 17.3 Å². The average molecular weight is 303 g/mol. The number of thioether (sulfide) groups is 1. The molecule has 0 unspecified atom stereocenters. The Kier molecular flexibility index (Phi) is 4.63. The van der Waals surface area contributed by atoms with E-state index in [-0.39, 0.29) is 0 Å². The molecular weight excluding hydrogens is 278 g/mol. The van der Waals surface area contributed by atoms with Crippen LogP contribution in [0, 0.1) is 0 Å². The molecule has 114 valence electrons. The molecule has 0 aliphatic carbocycles. The molecule has 0 radical (unpaired) electrons. The summed E-state index contributed by atoms with van der Waals surface area (Å²) < 4.78 is 0. The number of hydrogen-bond acceptors (Lipinski definition) is 4. The molecule has 3 rings (SSSR count). The highest BCUT2D eigenvalue weighted by Gasteiger charge is 2.19. The third kappa shape index (κ3) is 3.00. The zero-order valence-corrected chi connectivity index (χ0v) is 13.9. The molecule has 2 aliphatic rings. The molecule has 0 spiro atoms. The number of nitrogens with zero attached hydrogens (tertiary/aromatic N) is 2. The Morgan fingerprint density at radius 1 is 1.19 bits per heavy atom. The van der Waals surface area contributed by atoms with Crippen molar-refractivity contribution in [1.82, 2.24) is 5.32 Å². The van der Waals surface area contributed by atoms with Crippen molar-refractivity contribution in [2.24, 2.45) is 0 Å². The molecule has 0 atom stereocenters. The van der Waals surface area contributed by atoms with Gasteiger partial charge in [0.1, 0.15) is 0 Å². The number of anilines is 2. The van der Waals surface area contributed by atoms with Gasteiger partial charge in [0, 0.05) is 37.4 Å². The molecule has 1 aromatic carbocycles. The summed E-state index contributed by atoms with van der Waals surface area (Å²) in [7, 11) is 0. The van der Waals surface area contributed by atoms with E-state index >= 15 is 0 Å². The Labute approximate surface area is 132 Å². The molecule has 21 heavy (non-hydrogen) atoms. The number of rotatable bonds is 5. The molecule has 0 bridgehead atoms. The van der Waals surface area contributed by atoms with E-state index in [1.165, 1.54) is 48.6 Å². The van der Waals surface area contributed by atoms with Crippen molar-refractivity contribution in [2.45, 2.75) is 26.7 Å². The van der Waals surface area contributed by atoms with Crippen molar-refractivity contribution >= 4 is 28.8 Å². The first-order valence-corrected chi connectivity index (χ1v) is 9.08. The highest BCUT2D eigenvalue weighted by atomic mass is 32.2. The van der Waals surface area contributed by atoms with Gasteiger partial charge in [-0.15, -0.1) is 11.8 Å². The fourth-order valence-corrected chi connectivity index (χ4v) is 3.90. The van der Waals surface area contributed by atoms with Gasteiger partial charge in [-0.2, -0.15) is 0 Å². The van der Waals surface area contributed by atoms with Gasteiger partial charge in [0.25, 0.3) is 0 Å². The number of nitrogens with one attached hydrogen (secondary N) is 1. The van der Waals surface area contributed by atoms with E-state index in [1.54, 1.807) is 0 Å². The van der Waals surface area contributed by atoms with Crippen molar-refractivity contribution in [1.29, 1.82) is 0 Å². The van der Waals surface area contributed by atoms with Gasteiger partial charge in [-0.05, 0) is 44.2 Å². The van der Waals surface area contributed by atoms with E-state index in [9.17, 15) is 0 Å². The molecule has 1 aromatic rings. The standard InChI is InChI=1S/C17H25N3S/c1-3-19(4-2)16-8-7-14(15-12-21-13-18-15)11-17(16)20-9-5-6-10-20/h7-8,11-12,18H,3-6,9-10,13H2,1-2H3. The van der Waals surface area contributed by atoms with E-state index in [4.69, 9.17) is 0 Å². The van der Waals surface area contributed by atoms with Gasteiger partial charge in [-0.25, -0.2) is 0 Å². The van der Waals surface area contributed by atoms with Crippen molar-refractivity contribution in [2.75, 3.05) is 41.9 Å². The normalized spacial score (nSPS) is 17.8. The molecule has 0 amide bonds. The van der Waals surface area contributed by atoms with Crippen LogP contribution in [0.1, 0.15) is 32.3 Å². The van der Waals surface area contributed by atoms with Crippen molar-refractivity contribution in [3.05, 3.63) is 29.2 Å². The molecule has 1 fully saturated rings. The summed E-state index contributed by atoms with van der Waals surface area (Å²) in [4.78, 5) is 5.02. The van der Waals surface area contributed by atoms with E-state index in [2.05, 4.69) is 52.6 Å². The number of benzene rings is 1. The lowest BCUT2D eigenvalue weighted by atomic mass is 10.1. The molecular formula is C17H25N3S. The SMILES string of the molecule is CCN(CC)c1ccc(C2=CSCN2)cc1N1CCCC1. The first kappa shape index (κ1) is 14.6. The van der Waals surface area contributed by atoms with E-state index in [0.29, 0.717) is 0 Å². The monoisotopic (exact) mass is 303 g/mol. The summed E-state index contributed by atoms with van der Waals surface area (Å²) in [5.41, 5.74) is 5.38. The summed E-state index contributed by atoms with van der Waals surface area (Å²) in [6, 6.07) is 6.95. The van der Waals surface area contributed by atoms with E-state index in [0.717, 1.165) is 19.0 Å². The van der Waals surface area contributed by atoms with Crippen LogP contribution in [0.2, 0.25) is 0 Å². The Balaban J connectivity index is 1.98. The minimum atomic E-state index is 0.992. The van der Waals surface area contributed by atoms with Crippen LogP contribution in [0.15, 0.2) is 23.6 Å². The third-order valence-electron chi connectivity index (χ3n) is 4.38. The summed E-state index contributed by atoms with van der Waals surface area (Å²) in [6.07, 6.45) is 2.64. The molecule has 1 N–H and O–H groups in total. The second-order valence-corrected chi connectivity index (χ2v) is 6.45. The first-order valence-electron chi connectivity index (χ1n) is 8.03. The predicted octanol–water partition coefficient (Wildman–Crippen LogP) is 3.73. The smallest absolute Gasteiger partial charge is 0.0652 e. The highest BCUT2D eigenvalue weighted by molar-refractivity contribution is 8.02. The molecule has 0 saturated carbocycles. The van der Waals surface area contributed by atoms with Gasteiger partial charge in [-0.1, -0.05) is 6.07 Å². The lowest BCUT2D eigenvalue weighted by Gasteiger charge is -2.29. The fraction of sp³-hybridized carbons (Fsp3) is 0.529. The van der Waals surface area contributed by atoms with Gasteiger partial charge in [0.2, 0.25) is 0 Å². The van der Waals surface area contributed by atoms with Crippen molar-refractivity contribution in [3.63, 3.8) is 0 Å². The molecule has 1 saturated heterocycles. The summed E-state index contributed by atoms with van der Waals surface area (Å²) >= 11 is 1.84. The van der Waals surface area contributed by atoms with Crippen LogP contribution in [-0.4, -0.2) is 32.1 Å². The van der Waals surface area contributed by atoms with Gasteiger partial charge >= 0.3 is 0 Å². The van der Waals surface area contributed by atoms with Crippen molar-refractivity contribution < 1.29 is 0 Å². The Hall–Kier alpha value is -1.29. The lowest BCUT2D eigenvalue weighted by Crippen LogP contribution is -2.27. The van der Waals surface area contributed by atoms with Crippen LogP contribution < -0.4 is 15.1 Å². The van der Waals surface area contributed by atoms with Crippen molar-refractivity contribution in [3.8, 4) is 0 Å². The molecule has 4 heteroatoms. The number of hydrogen-bond donors (Lipinski definition) is 1. The maximum atomic E-state index is 3.46. The molecule has 3 nitrogen and oxygen atoms in total. The van der Waals surface area contributed by atoms with Crippen LogP contribution in [0.3, 0.4) is 0 Å². The quantitative estimate of drug-likeness (QED) is 0.893. The fourth-order valence-electron chi connectivity index (χ4n) is 3.19. The summed E-state index contributed by atoms with van der Waals surface area (Å²) in [5, 5.41) is 5.70. The zero-order chi connectivity index (χ0) is 14.7. The first-order chi connectivity index (χ1) is 10.3. The lowest BCUT2D eigenvalue weighted by molar-refractivity contribution is 0.855. The Morgan fingerprint density at radius 3 is 2.57 bits per heavy atom. The van der Waals surface area contributed by atoms with Crippen LogP contribution in [0.4, 0.5) is 11.4 Å². The molecule has 2 heterocycles. The summed E-state index contributed by atoms with van der Waals surface area (Å²) in [5.74, 6) is 0.992. The van der Waals surface area contributed by atoms with Crippen LogP contribution in [-0.2, 0) is 0 Å². The second-order valence-electron chi connectivity index (χ2n) is 5.59. The zero-order valence-electron chi connectivity index (χ0n) is 13.1. The maximum absolute atomic E-state index is 3.46. The van der Waals surface area contributed by atoms with Crippen LogP contribution in [0.25, 0.3) is 5.70 Å². The molecule has 2 aliphatic heterocycles. The molecule has 0 aromatic heterocycles. The highest BCUT2D eigenvalue weighted by Crippen LogP contribution is 2.35. The largest absolute Gasteiger partial charge is 0.375 e. The van der Waals surface area contributed by atoms with Gasteiger partial charge < -0.3 is 15.1 Å². The van der Waals surface area contributed by atoms with Gasteiger partial charge in [-0.3, -0.25) is 0 Å². The minimum Gasteiger partial charge on any atom is -0.375 e. The van der Waals surface area contributed by atoms with E-state index < -0.39 is 0 Å². The Bertz CT molecular complexity index is 517. The van der Waals surface area contributed by atoms with Crippen LogP contribution >= 0.6 is 11.8 Å². The average Bonchev–Trinajstić information content (AvgIpc) is 3.22. The van der Waals surface area contributed by atoms with E-state index in [1.807, 2.05) is 11.8 Å². The minimum absolute atomic E-state index is 0.992. The van der Waals surface area contributed by atoms with Gasteiger partial charge in [0.15, 0.2) is 0 Å². The Morgan fingerprint density at radius 2 is 1.95 bits per heavy atom.